The third-order valence-electron chi connectivity index (χ3n) is 2.02. The Morgan fingerprint density at radius 3 is 2.56 bits per heavy atom. The summed E-state index contributed by atoms with van der Waals surface area (Å²) < 4.78 is 15.5. The van der Waals surface area contributed by atoms with Crippen molar-refractivity contribution in [1.29, 1.82) is 0 Å². The lowest BCUT2D eigenvalue weighted by Gasteiger charge is -2.26. The van der Waals surface area contributed by atoms with E-state index in [0.29, 0.717) is 0 Å². The van der Waals surface area contributed by atoms with Gasteiger partial charge in [0.15, 0.2) is 0 Å². The first-order valence-corrected chi connectivity index (χ1v) is 7.05. The largest absolute Gasteiger partial charge is 0.598 e. The van der Waals surface area contributed by atoms with Gasteiger partial charge in [-0.15, -0.1) is 4.72 Å². The number of nitrogens with zero attached hydrogens (tertiary/aromatic N) is 1. The molecule has 0 fully saturated rings. The van der Waals surface area contributed by atoms with E-state index < -0.39 is 11.4 Å². The van der Waals surface area contributed by atoms with E-state index in [2.05, 4.69) is 25.6 Å². The SMILES string of the molecule is C[C@H](N[S@+]([O-])C(C)(C)C)c1cccc(Br)n1. The summed E-state index contributed by atoms with van der Waals surface area (Å²) in [5.41, 5.74) is 0.881. The van der Waals surface area contributed by atoms with Crippen molar-refractivity contribution in [2.24, 2.45) is 0 Å². The zero-order valence-electron chi connectivity index (χ0n) is 9.95. The number of aromatic nitrogens is 1. The normalized spacial score (nSPS) is 15.9. The highest BCUT2D eigenvalue weighted by atomic mass is 79.9. The Labute approximate surface area is 108 Å². The zero-order chi connectivity index (χ0) is 12.3. The number of halogens is 1. The van der Waals surface area contributed by atoms with Crippen LogP contribution in [0.2, 0.25) is 0 Å². The summed E-state index contributed by atoms with van der Waals surface area (Å²) in [4.78, 5) is 4.33. The fraction of sp³-hybridized carbons (Fsp3) is 0.545. The molecule has 0 saturated carbocycles. The summed E-state index contributed by atoms with van der Waals surface area (Å²) in [6, 6.07) is 5.68. The van der Waals surface area contributed by atoms with Crippen molar-refractivity contribution in [2.45, 2.75) is 38.5 Å². The van der Waals surface area contributed by atoms with Gasteiger partial charge in [-0.2, -0.15) is 0 Å². The van der Waals surface area contributed by atoms with Gasteiger partial charge in [-0.25, -0.2) is 4.98 Å². The fourth-order valence-corrected chi connectivity index (χ4v) is 2.22. The molecule has 0 aliphatic carbocycles. The van der Waals surface area contributed by atoms with Gasteiger partial charge < -0.3 is 4.55 Å². The predicted octanol–water partition coefficient (Wildman–Crippen LogP) is 2.96. The first-order chi connectivity index (χ1) is 7.30. The van der Waals surface area contributed by atoms with Crippen molar-refractivity contribution in [1.82, 2.24) is 9.71 Å². The predicted molar refractivity (Wildman–Crippen MR) is 71.4 cm³/mol. The molecule has 2 atom stereocenters. The van der Waals surface area contributed by atoms with Gasteiger partial charge >= 0.3 is 0 Å². The topological polar surface area (TPSA) is 48.0 Å². The molecule has 5 heteroatoms. The molecule has 1 rings (SSSR count). The monoisotopic (exact) mass is 304 g/mol. The van der Waals surface area contributed by atoms with Gasteiger partial charge in [0.2, 0.25) is 0 Å². The number of rotatable bonds is 3. The fourth-order valence-electron chi connectivity index (χ4n) is 1.06. The lowest BCUT2D eigenvalue weighted by molar-refractivity contribution is 0.529. The molecular formula is C11H17BrN2OS. The Hall–Kier alpha value is -0.100. The van der Waals surface area contributed by atoms with Gasteiger partial charge in [0, 0.05) is 11.4 Å². The molecule has 1 aromatic rings. The molecule has 0 radical (unpaired) electrons. The molecule has 0 unspecified atom stereocenters. The summed E-state index contributed by atoms with van der Waals surface area (Å²) in [6.07, 6.45) is 0. The molecular weight excluding hydrogens is 288 g/mol. The second-order valence-electron chi connectivity index (χ2n) is 4.61. The van der Waals surface area contributed by atoms with Gasteiger partial charge in [-0.1, -0.05) is 6.07 Å². The molecule has 0 amide bonds. The van der Waals surface area contributed by atoms with Crippen LogP contribution in [0.4, 0.5) is 0 Å². The minimum Gasteiger partial charge on any atom is -0.598 e. The average molecular weight is 305 g/mol. The van der Waals surface area contributed by atoms with Crippen LogP contribution >= 0.6 is 15.9 Å². The van der Waals surface area contributed by atoms with Crippen molar-refractivity contribution < 1.29 is 4.55 Å². The average Bonchev–Trinajstić information content (AvgIpc) is 2.16. The molecule has 0 spiro atoms. The maximum Gasteiger partial charge on any atom is 0.136 e. The number of hydrogen-bond donors (Lipinski definition) is 1. The highest BCUT2D eigenvalue weighted by Gasteiger charge is 2.28. The van der Waals surface area contributed by atoms with Crippen molar-refractivity contribution in [3.05, 3.63) is 28.5 Å². The third kappa shape index (κ3) is 4.05. The van der Waals surface area contributed by atoms with Gasteiger partial charge in [-0.05, 0) is 55.8 Å². The molecule has 3 nitrogen and oxygen atoms in total. The highest BCUT2D eigenvalue weighted by Crippen LogP contribution is 2.19. The Balaban J connectivity index is 2.69. The molecule has 1 aromatic heterocycles. The van der Waals surface area contributed by atoms with E-state index in [1.54, 1.807) is 0 Å². The van der Waals surface area contributed by atoms with Gasteiger partial charge in [-0.3, -0.25) is 0 Å². The van der Waals surface area contributed by atoms with Crippen LogP contribution in [-0.4, -0.2) is 14.3 Å². The van der Waals surface area contributed by atoms with Crippen molar-refractivity contribution in [3.63, 3.8) is 0 Å². The summed E-state index contributed by atoms with van der Waals surface area (Å²) in [5.74, 6) is 0. The van der Waals surface area contributed by atoms with Crippen LogP contribution < -0.4 is 4.72 Å². The molecule has 1 heterocycles. The molecule has 1 N–H and O–H groups in total. The van der Waals surface area contributed by atoms with Crippen molar-refractivity contribution in [2.75, 3.05) is 0 Å². The van der Waals surface area contributed by atoms with Crippen LogP contribution in [0.3, 0.4) is 0 Å². The number of nitrogens with one attached hydrogen (secondary N) is 1. The van der Waals surface area contributed by atoms with Crippen LogP contribution in [0.1, 0.15) is 39.4 Å². The molecule has 0 aromatic carbocycles. The van der Waals surface area contributed by atoms with E-state index in [9.17, 15) is 4.55 Å². The summed E-state index contributed by atoms with van der Waals surface area (Å²) >= 11 is 2.24. The second-order valence-corrected chi connectivity index (χ2v) is 7.42. The molecule has 16 heavy (non-hydrogen) atoms. The molecule has 0 aliphatic rings. The van der Waals surface area contributed by atoms with Crippen LogP contribution in [0.15, 0.2) is 22.8 Å². The summed E-state index contributed by atoms with van der Waals surface area (Å²) in [6.45, 7) is 7.78. The van der Waals surface area contributed by atoms with E-state index in [1.807, 2.05) is 45.9 Å². The maximum atomic E-state index is 11.9. The number of pyridine rings is 1. The van der Waals surface area contributed by atoms with E-state index in [-0.39, 0.29) is 10.8 Å². The van der Waals surface area contributed by atoms with Gasteiger partial charge in [0.05, 0.1) is 11.7 Å². The molecule has 0 aliphatic heterocycles. The van der Waals surface area contributed by atoms with Crippen LogP contribution in [-0.2, 0) is 11.4 Å². The maximum absolute atomic E-state index is 11.9. The molecule has 90 valence electrons. The summed E-state index contributed by atoms with van der Waals surface area (Å²) in [7, 11) is 0. The lowest BCUT2D eigenvalue weighted by Crippen LogP contribution is -2.40. The minimum atomic E-state index is -1.08. The molecule has 0 saturated heterocycles. The van der Waals surface area contributed by atoms with E-state index >= 15 is 0 Å². The minimum absolute atomic E-state index is 0.0300. The third-order valence-corrected chi connectivity index (χ3v) is 4.14. The zero-order valence-corrected chi connectivity index (χ0v) is 12.4. The van der Waals surface area contributed by atoms with Crippen molar-refractivity contribution in [3.8, 4) is 0 Å². The van der Waals surface area contributed by atoms with Crippen LogP contribution in [0, 0.1) is 0 Å². The first kappa shape index (κ1) is 14.0. The van der Waals surface area contributed by atoms with E-state index in [4.69, 9.17) is 0 Å². The second kappa shape index (κ2) is 5.49. The Morgan fingerprint density at radius 1 is 1.44 bits per heavy atom. The van der Waals surface area contributed by atoms with Crippen LogP contribution in [0.25, 0.3) is 0 Å². The quantitative estimate of drug-likeness (QED) is 0.690. The van der Waals surface area contributed by atoms with E-state index in [0.717, 1.165) is 10.3 Å². The van der Waals surface area contributed by atoms with Gasteiger partial charge in [0.25, 0.3) is 0 Å². The summed E-state index contributed by atoms with van der Waals surface area (Å²) in [5, 5.41) is 0. The standard InChI is InChI=1S/C11H17BrN2OS/c1-8(14-16(15)11(2,3)4)9-6-5-7-10(12)13-9/h5-8,14H,1-4H3/t8-,16+/m0/s1. The van der Waals surface area contributed by atoms with Crippen molar-refractivity contribution >= 4 is 27.3 Å². The molecule has 0 bridgehead atoms. The Kier molecular flexibility index (Phi) is 4.79. The Bertz CT molecular complexity index is 354. The van der Waals surface area contributed by atoms with Gasteiger partial charge in [0.1, 0.15) is 9.35 Å². The lowest BCUT2D eigenvalue weighted by atomic mass is 10.2. The number of hydrogen-bond acceptors (Lipinski definition) is 3. The highest BCUT2D eigenvalue weighted by molar-refractivity contribution is 9.10. The smallest absolute Gasteiger partial charge is 0.136 e. The van der Waals surface area contributed by atoms with Crippen LogP contribution in [0.5, 0.6) is 0 Å². The van der Waals surface area contributed by atoms with E-state index in [1.165, 1.54) is 0 Å². The first-order valence-electron chi connectivity index (χ1n) is 5.11. The Morgan fingerprint density at radius 2 is 2.06 bits per heavy atom.